The normalized spacial score (nSPS) is 12.7. The van der Waals surface area contributed by atoms with Crippen LogP contribution in [0.15, 0.2) is 29.8 Å². The minimum atomic E-state index is -0.575. The molecule has 1 unspecified atom stereocenters. The van der Waals surface area contributed by atoms with Crippen molar-refractivity contribution < 1.29 is 19.4 Å². The highest BCUT2D eigenvalue weighted by molar-refractivity contribution is 7.13. The Morgan fingerprint density at radius 1 is 1.31 bits per heavy atom. The fourth-order valence-electron chi connectivity index (χ4n) is 2.38. The lowest BCUT2D eigenvalue weighted by molar-refractivity contribution is 0.0408. The van der Waals surface area contributed by atoms with Crippen LogP contribution < -0.4 is 5.32 Å². The number of nitrogens with one attached hydrogen (secondary N) is 1. The minimum Gasteiger partial charge on any atom is -0.444 e. The van der Waals surface area contributed by atoms with Crippen LogP contribution in [-0.4, -0.2) is 41.6 Å². The van der Waals surface area contributed by atoms with E-state index in [2.05, 4.69) is 10.3 Å². The van der Waals surface area contributed by atoms with E-state index in [9.17, 15) is 4.79 Å². The third kappa shape index (κ3) is 6.09. The molecule has 0 aliphatic heterocycles. The molecular formula is C19H26N2O4S. The molecule has 0 fully saturated rings. The van der Waals surface area contributed by atoms with Crippen molar-refractivity contribution >= 4 is 17.4 Å². The molecule has 2 N–H and O–H groups in total. The number of nitrogens with zero attached hydrogens (tertiary/aromatic N) is 1. The van der Waals surface area contributed by atoms with E-state index in [4.69, 9.17) is 14.6 Å². The number of thiazole rings is 1. The number of hydrogen-bond acceptors (Lipinski definition) is 6. The van der Waals surface area contributed by atoms with Gasteiger partial charge in [-0.1, -0.05) is 24.3 Å². The lowest BCUT2D eigenvalue weighted by atomic mass is 10.0. The second kappa shape index (κ2) is 9.12. The number of benzene rings is 1. The maximum absolute atomic E-state index is 12.1. The quantitative estimate of drug-likeness (QED) is 0.718. The predicted molar refractivity (Wildman–Crippen MR) is 102 cm³/mol. The molecule has 1 atom stereocenters. The standard InChI is InChI=1S/C19H26N2O4S/c1-13-17(26-12-20-13)15-7-5-14(6-8-15)16(11-24-10-9-22)21-18(23)25-19(2,3)4/h5-8,12,16,22H,9-11H2,1-4H3,(H,21,23). The zero-order valence-corrected chi connectivity index (χ0v) is 16.4. The number of carbonyl (C=O) groups excluding carboxylic acids is 1. The van der Waals surface area contributed by atoms with Crippen LogP contribution in [-0.2, 0) is 9.47 Å². The second-order valence-corrected chi connectivity index (χ2v) is 7.74. The first-order valence-corrected chi connectivity index (χ1v) is 9.36. The van der Waals surface area contributed by atoms with Crippen molar-refractivity contribution in [1.82, 2.24) is 10.3 Å². The molecule has 1 heterocycles. The lowest BCUT2D eigenvalue weighted by Crippen LogP contribution is -2.36. The first kappa shape index (κ1) is 20.4. The number of aliphatic hydroxyl groups excluding tert-OH is 1. The van der Waals surface area contributed by atoms with E-state index in [1.807, 2.05) is 57.5 Å². The molecule has 7 heteroatoms. The monoisotopic (exact) mass is 378 g/mol. The van der Waals surface area contributed by atoms with Gasteiger partial charge in [-0.05, 0) is 38.8 Å². The van der Waals surface area contributed by atoms with Gasteiger partial charge in [-0.15, -0.1) is 11.3 Å². The van der Waals surface area contributed by atoms with Crippen LogP contribution in [0.3, 0.4) is 0 Å². The molecule has 0 saturated heterocycles. The molecule has 2 aromatic rings. The van der Waals surface area contributed by atoms with Gasteiger partial charge in [-0.3, -0.25) is 0 Å². The van der Waals surface area contributed by atoms with Crippen LogP contribution in [0.1, 0.15) is 38.1 Å². The maximum Gasteiger partial charge on any atom is 0.408 e. The summed E-state index contributed by atoms with van der Waals surface area (Å²) in [7, 11) is 0. The van der Waals surface area contributed by atoms with Gasteiger partial charge in [0.2, 0.25) is 0 Å². The zero-order chi connectivity index (χ0) is 19.2. The average Bonchev–Trinajstić information content (AvgIpc) is 2.99. The Morgan fingerprint density at radius 3 is 2.54 bits per heavy atom. The van der Waals surface area contributed by atoms with Crippen LogP contribution in [0, 0.1) is 6.92 Å². The van der Waals surface area contributed by atoms with Crippen LogP contribution in [0.25, 0.3) is 10.4 Å². The molecule has 0 spiro atoms. The van der Waals surface area contributed by atoms with Gasteiger partial charge in [0, 0.05) is 0 Å². The Labute approximate surface area is 158 Å². The smallest absolute Gasteiger partial charge is 0.408 e. The van der Waals surface area contributed by atoms with E-state index in [1.54, 1.807) is 11.3 Å². The van der Waals surface area contributed by atoms with Crippen molar-refractivity contribution in [2.24, 2.45) is 0 Å². The van der Waals surface area contributed by atoms with E-state index >= 15 is 0 Å². The van der Waals surface area contributed by atoms with Gasteiger partial charge in [-0.25, -0.2) is 9.78 Å². The number of ether oxygens (including phenoxy) is 2. The second-order valence-electron chi connectivity index (χ2n) is 6.89. The van der Waals surface area contributed by atoms with Crippen molar-refractivity contribution in [3.8, 4) is 10.4 Å². The topological polar surface area (TPSA) is 80.7 Å². The molecule has 1 aromatic heterocycles. The van der Waals surface area contributed by atoms with Crippen LogP contribution >= 0.6 is 11.3 Å². The summed E-state index contributed by atoms with van der Waals surface area (Å²) in [5, 5.41) is 11.7. The molecule has 1 aromatic carbocycles. The number of carbonyl (C=O) groups is 1. The van der Waals surface area contributed by atoms with Gasteiger partial charge in [0.05, 0.1) is 41.9 Å². The summed E-state index contributed by atoms with van der Waals surface area (Å²) >= 11 is 1.60. The molecule has 1 amide bonds. The number of aryl methyl sites for hydroxylation is 1. The molecular weight excluding hydrogens is 352 g/mol. The first-order chi connectivity index (χ1) is 12.3. The Bertz CT molecular complexity index is 707. The molecule has 142 valence electrons. The summed E-state index contributed by atoms with van der Waals surface area (Å²) in [4.78, 5) is 17.5. The van der Waals surface area contributed by atoms with Crippen LogP contribution in [0.5, 0.6) is 0 Å². The van der Waals surface area contributed by atoms with Gasteiger partial charge in [0.1, 0.15) is 5.60 Å². The molecule has 0 saturated carbocycles. The number of alkyl carbamates (subject to hydrolysis) is 1. The summed E-state index contributed by atoms with van der Waals surface area (Å²) in [5.74, 6) is 0. The van der Waals surface area contributed by atoms with E-state index in [1.165, 1.54) is 0 Å². The fraction of sp³-hybridized carbons (Fsp3) is 0.474. The van der Waals surface area contributed by atoms with Gasteiger partial charge in [0.25, 0.3) is 0 Å². The van der Waals surface area contributed by atoms with E-state index in [0.717, 1.165) is 21.7 Å². The Morgan fingerprint density at radius 2 is 2.00 bits per heavy atom. The number of aromatic nitrogens is 1. The highest BCUT2D eigenvalue weighted by atomic mass is 32.1. The lowest BCUT2D eigenvalue weighted by Gasteiger charge is -2.24. The molecule has 0 bridgehead atoms. The van der Waals surface area contributed by atoms with Gasteiger partial charge in [0.15, 0.2) is 0 Å². The van der Waals surface area contributed by atoms with E-state index < -0.39 is 11.7 Å². The van der Waals surface area contributed by atoms with E-state index in [0.29, 0.717) is 0 Å². The fourth-order valence-corrected chi connectivity index (χ4v) is 3.19. The number of hydrogen-bond donors (Lipinski definition) is 2. The Balaban J connectivity index is 2.13. The van der Waals surface area contributed by atoms with E-state index in [-0.39, 0.29) is 25.9 Å². The summed E-state index contributed by atoms with van der Waals surface area (Å²) < 4.78 is 10.8. The van der Waals surface area contributed by atoms with Crippen molar-refractivity contribution in [2.45, 2.75) is 39.3 Å². The van der Waals surface area contributed by atoms with Gasteiger partial charge in [-0.2, -0.15) is 0 Å². The summed E-state index contributed by atoms with van der Waals surface area (Å²) in [6, 6.07) is 7.56. The third-order valence-electron chi connectivity index (χ3n) is 3.53. The largest absolute Gasteiger partial charge is 0.444 e. The van der Waals surface area contributed by atoms with Crippen molar-refractivity contribution in [2.75, 3.05) is 19.8 Å². The van der Waals surface area contributed by atoms with Crippen LogP contribution in [0.4, 0.5) is 4.79 Å². The molecule has 0 radical (unpaired) electrons. The molecule has 26 heavy (non-hydrogen) atoms. The summed E-state index contributed by atoms with van der Waals surface area (Å²) in [6.07, 6.45) is -0.502. The minimum absolute atomic E-state index is 0.0667. The molecule has 2 rings (SSSR count). The number of amides is 1. The zero-order valence-electron chi connectivity index (χ0n) is 15.6. The summed E-state index contributed by atoms with van der Waals surface area (Å²) in [6.45, 7) is 7.82. The highest BCUT2D eigenvalue weighted by Gasteiger charge is 2.21. The van der Waals surface area contributed by atoms with Crippen LogP contribution in [0.2, 0.25) is 0 Å². The van der Waals surface area contributed by atoms with Gasteiger partial charge >= 0.3 is 6.09 Å². The van der Waals surface area contributed by atoms with Crippen molar-refractivity contribution in [3.63, 3.8) is 0 Å². The number of aliphatic hydroxyl groups is 1. The predicted octanol–water partition coefficient (Wildman–Crippen LogP) is 3.69. The average molecular weight is 378 g/mol. The van der Waals surface area contributed by atoms with Crippen molar-refractivity contribution in [3.05, 3.63) is 41.0 Å². The van der Waals surface area contributed by atoms with Crippen molar-refractivity contribution in [1.29, 1.82) is 0 Å². The maximum atomic E-state index is 12.1. The molecule has 0 aliphatic rings. The Kier molecular flexibility index (Phi) is 7.14. The molecule has 0 aliphatic carbocycles. The first-order valence-electron chi connectivity index (χ1n) is 8.48. The number of rotatable bonds is 7. The summed E-state index contributed by atoms with van der Waals surface area (Å²) in [5.41, 5.74) is 4.24. The SMILES string of the molecule is Cc1ncsc1-c1ccc(C(COCCO)NC(=O)OC(C)(C)C)cc1. The Hall–Kier alpha value is -1.96. The highest BCUT2D eigenvalue weighted by Crippen LogP contribution is 2.28. The third-order valence-corrected chi connectivity index (χ3v) is 4.51. The molecule has 6 nitrogen and oxygen atoms in total. The van der Waals surface area contributed by atoms with Gasteiger partial charge < -0.3 is 19.9 Å².